The molecular weight excluding hydrogens is 152 g/mol. The first-order chi connectivity index (χ1) is 5.84. The lowest BCUT2D eigenvalue weighted by molar-refractivity contribution is -0.00595. The van der Waals surface area contributed by atoms with Gasteiger partial charge in [0.25, 0.3) is 0 Å². The fraction of sp³-hybridized carbons (Fsp3) is 0.800. The molecular formula is C10H18O2. The van der Waals surface area contributed by atoms with Gasteiger partial charge in [-0.15, -0.1) is 6.58 Å². The van der Waals surface area contributed by atoms with Gasteiger partial charge in [-0.05, 0) is 32.1 Å². The molecule has 1 saturated heterocycles. The summed E-state index contributed by atoms with van der Waals surface area (Å²) >= 11 is 0. The maximum Gasteiger partial charge on any atom is 0.0834 e. The minimum atomic E-state index is -0.257. The van der Waals surface area contributed by atoms with Crippen molar-refractivity contribution < 1.29 is 9.84 Å². The highest BCUT2D eigenvalue weighted by molar-refractivity contribution is 4.75. The number of hydrogen-bond acceptors (Lipinski definition) is 2. The Hall–Kier alpha value is -0.340. The zero-order valence-corrected chi connectivity index (χ0v) is 7.54. The van der Waals surface area contributed by atoms with Crippen LogP contribution in [0.2, 0.25) is 0 Å². The molecule has 0 saturated carbocycles. The molecule has 2 heteroatoms. The van der Waals surface area contributed by atoms with Gasteiger partial charge in [-0.1, -0.05) is 6.08 Å². The Bertz CT molecular complexity index is 128. The predicted molar refractivity (Wildman–Crippen MR) is 49.0 cm³/mol. The molecule has 1 rings (SSSR count). The maximum absolute atomic E-state index is 9.62. The molecule has 2 nitrogen and oxygen atoms in total. The van der Waals surface area contributed by atoms with Crippen molar-refractivity contribution in [1.82, 2.24) is 0 Å². The summed E-state index contributed by atoms with van der Waals surface area (Å²) in [6.07, 6.45) is 6.72. The Labute approximate surface area is 74.2 Å². The van der Waals surface area contributed by atoms with E-state index in [4.69, 9.17) is 4.74 Å². The summed E-state index contributed by atoms with van der Waals surface area (Å²) in [5.74, 6) is 0. The fourth-order valence-corrected chi connectivity index (χ4v) is 1.56. The quantitative estimate of drug-likeness (QED) is 0.504. The van der Waals surface area contributed by atoms with Crippen LogP contribution in [-0.4, -0.2) is 23.9 Å². The lowest BCUT2D eigenvalue weighted by atomic mass is 10.0. The monoisotopic (exact) mass is 170 g/mol. The molecule has 1 fully saturated rings. The van der Waals surface area contributed by atoms with Crippen LogP contribution in [0.5, 0.6) is 0 Å². The summed E-state index contributed by atoms with van der Waals surface area (Å²) < 4.78 is 5.37. The number of hydrogen-bond donors (Lipinski definition) is 1. The van der Waals surface area contributed by atoms with Gasteiger partial charge in [0.2, 0.25) is 0 Å². The van der Waals surface area contributed by atoms with Crippen LogP contribution in [0.1, 0.15) is 32.1 Å². The van der Waals surface area contributed by atoms with Crippen LogP contribution in [-0.2, 0) is 4.74 Å². The molecule has 2 unspecified atom stereocenters. The van der Waals surface area contributed by atoms with Crippen molar-refractivity contribution >= 4 is 0 Å². The van der Waals surface area contributed by atoms with E-state index >= 15 is 0 Å². The van der Waals surface area contributed by atoms with Gasteiger partial charge in [-0.25, -0.2) is 0 Å². The highest BCUT2D eigenvalue weighted by Gasteiger charge is 2.22. The number of rotatable bonds is 5. The third-order valence-electron chi connectivity index (χ3n) is 2.30. The number of allylic oxidation sites excluding steroid dienone is 1. The van der Waals surface area contributed by atoms with Crippen molar-refractivity contribution in [3.05, 3.63) is 12.7 Å². The highest BCUT2D eigenvalue weighted by atomic mass is 16.5. The molecule has 12 heavy (non-hydrogen) atoms. The second-order valence-electron chi connectivity index (χ2n) is 3.34. The number of aliphatic hydroxyl groups excluding tert-OH is 1. The van der Waals surface area contributed by atoms with E-state index in [0.29, 0.717) is 0 Å². The molecule has 1 aliphatic rings. The summed E-state index contributed by atoms with van der Waals surface area (Å²) in [6.45, 7) is 4.46. The molecule has 0 bridgehead atoms. The van der Waals surface area contributed by atoms with Crippen LogP contribution in [0, 0.1) is 0 Å². The number of unbranched alkanes of at least 4 members (excludes halogenated alkanes) is 1. The molecule has 0 aromatic rings. The van der Waals surface area contributed by atoms with Crippen LogP contribution in [0.25, 0.3) is 0 Å². The van der Waals surface area contributed by atoms with E-state index in [1.807, 2.05) is 6.08 Å². The number of aliphatic hydroxyl groups is 1. The minimum Gasteiger partial charge on any atom is -0.390 e. The van der Waals surface area contributed by atoms with Gasteiger partial charge in [0.15, 0.2) is 0 Å². The van der Waals surface area contributed by atoms with Crippen molar-refractivity contribution in [2.45, 2.75) is 44.3 Å². The first-order valence-electron chi connectivity index (χ1n) is 4.75. The van der Waals surface area contributed by atoms with Crippen molar-refractivity contribution in [2.75, 3.05) is 6.61 Å². The van der Waals surface area contributed by atoms with E-state index in [2.05, 4.69) is 6.58 Å². The third-order valence-corrected chi connectivity index (χ3v) is 2.30. The summed E-state index contributed by atoms with van der Waals surface area (Å²) in [5.41, 5.74) is 0. The van der Waals surface area contributed by atoms with E-state index in [0.717, 1.165) is 38.7 Å². The van der Waals surface area contributed by atoms with Crippen molar-refractivity contribution in [1.29, 1.82) is 0 Å². The molecule has 0 spiro atoms. The third kappa shape index (κ3) is 2.95. The van der Waals surface area contributed by atoms with E-state index in [1.54, 1.807) is 0 Å². The summed E-state index contributed by atoms with van der Waals surface area (Å²) in [6, 6.07) is 0. The maximum atomic E-state index is 9.62. The Morgan fingerprint density at radius 2 is 2.50 bits per heavy atom. The molecule has 1 heterocycles. The van der Waals surface area contributed by atoms with Crippen molar-refractivity contribution in [3.63, 3.8) is 0 Å². The van der Waals surface area contributed by atoms with Gasteiger partial charge in [0.05, 0.1) is 12.2 Å². The Morgan fingerprint density at radius 3 is 3.08 bits per heavy atom. The topological polar surface area (TPSA) is 29.5 Å². The predicted octanol–water partition coefficient (Wildman–Crippen LogP) is 1.88. The van der Waals surface area contributed by atoms with E-state index in [9.17, 15) is 5.11 Å². The molecule has 0 aliphatic carbocycles. The zero-order valence-electron chi connectivity index (χ0n) is 7.54. The Balaban J connectivity index is 2.09. The lowest BCUT2D eigenvalue weighted by Gasteiger charge is -2.16. The Kier molecular flexibility index (Phi) is 4.33. The van der Waals surface area contributed by atoms with E-state index in [-0.39, 0.29) is 12.2 Å². The average Bonchev–Trinajstić information content (AvgIpc) is 2.56. The molecule has 0 amide bonds. The van der Waals surface area contributed by atoms with Gasteiger partial charge >= 0.3 is 0 Å². The molecule has 1 aliphatic heterocycles. The van der Waals surface area contributed by atoms with Gasteiger partial charge in [-0.3, -0.25) is 0 Å². The molecule has 1 N–H and O–H groups in total. The largest absolute Gasteiger partial charge is 0.390 e. The lowest BCUT2D eigenvalue weighted by Crippen LogP contribution is -2.24. The fourth-order valence-electron chi connectivity index (χ4n) is 1.56. The SMILES string of the molecule is C=CCCCC(O)C1CCCO1. The van der Waals surface area contributed by atoms with E-state index in [1.165, 1.54) is 0 Å². The summed E-state index contributed by atoms with van der Waals surface area (Å²) in [7, 11) is 0. The second-order valence-corrected chi connectivity index (χ2v) is 3.34. The number of ether oxygens (including phenoxy) is 1. The first-order valence-corrected chi connectivity index (χ1v) is 4.75. The molecule has 0 aromatic carbocycles. The molecule has 2 atom stereocenters. The van der Waals surface area contributed by atoms with Crippen LogP contribution < -0.4 is 0 Å². The minimum absolute atomic E-state index is 0.106. The summed E-state index contributed by atoms with van der Waals surface area (Å²) in [4.78, 5) is 0. The Morgan fingerprint density at radius 1 is 1.67 bits per heavy atom. The standard InChI is InChI=1S/C10H18O2/c1-2-3-4-6-9(11)10-7-5-8-12-10/h2,9-11H,1,3-8H2. The second kappa shape index (κ2) is 5.33. The normalized spacial score (nSPS) is 25.6. The van der Waals surface area contributed by atoms with Crippen molar-refractivity contribution in [3.8, 4) is 0 Å². The zero-order chi connectivity index (χ0) is 8.81. The summed E-state index contributed by atoms with van der Waals surface area (Å²) in [5, 5.41) is 9.62. The smallest absolute Gasteiger partial charge is 0.0834 e. The van der Waals surface area contributed by atoms with Gasteiger partial charge < -0.3 is 9.84 Å². The average molecular weight is 170 g/mol. The van der Waals surface area contributed by atoms with Crippen LogP contribution >= 0.6 is 0 Å². The van der Waals surface area contributed by atoms with Crippen LogP contribution in [0.15, 0.2) is 12.7 Å². The van der Waals surface area contributed by atoms with Gasteiger partial charge in [-0.2, -0.15) is 0 Å². The molecule has 70 valence electrons. The van der Waals surface area contributed by atoms with Crippen molar-refractivity contribution in [2.24, 2.45) is 0 Å². The molecule has 0 radical (unpaired) electrons. The first kappa shape index (κ1) is 9.75. The van der Waals surface area contributed by atoms with Crippen LogP contribution in [0.3, 0.4) is 0 Å². The van der Waals surface area contributed by atoms with E-state index < -0.39 is 0 Å². The van der Waals surface area contributed by atoms with Crippen LogP contribution in [0.4, 0.5) is 0 Å². The van der Waals surface area contributed by atoms with Gasteiger partial charge in [0, 0.05) is 6.61 Å². The van der Waals surface area contributed by atoms with Gasteiger partial charge in [0.1, 0.15) is 0 Å². The molecule has 0 aromatic heterocycles. The highest BCUT2D eigenvalue weighted by Crippen LogP contribution is 2.18.